The van der Waals surface area contributed by atoms with Crippen LogP contribution in [0.2, 0.25) is 0 Å². The molecule has 3 aromatic carbocycles. The molecule has 0 saturated heterocycles. The average molecular weight is 674 g/mol. The van der Waals surface area contributed by atoms with Gasteiger partial charge in [-0.15, -0.1) is 34.4 Å². The number of anilines is 2. The number of hydrogen-bond donors (Lipinski definition) is 3. The highest BCUT2D eigenvalue weighted by atomic mass is 32.2. The molecule has 47 heavy (non-hydrogen) atoms. The lowest BCUT2D eigenvalue weighted by Gasteiger charge is -2.17. The third kappa shape index (κ3) is 8.47. The number of thiazole rings is 1. The summed E-state index contributed by atoms with van der Waals surface area (Å²) in [4.78, 5) is 50.4. The smallest absolute Gasteiger partial charge is 0.272 e. The van der Waals surface area contributed by atoms with Gasteiger partial charge in [0.2, 0.25) is 5.91 Å². The van der Waals surface area contributed by atoms with Crippen LogP contribution in [-0.4, -0.2) is 27.7 Å². The number of pyridine rings is 1. The zero-order valence-corrected chi connectivity index (χ0v) is 27.1. The van der Waals surface area contributed by atoms with Gasteiger partial charge in [0.05, 0.1) is 10.6 Å². The standard InChI is InChI=1S/C36H27N5O3S3/c42-33(26-12-5-2-6-13-26)39-29(21-24-9-7-19-37-22-24)34(43)38-27-15-17-28(18-16-27)47-32(25-10-3-1-4-11-25)35(44)41-36-40-30(23-46-36)31-14-8-20-45-31/h1-23,32H,(H,38,43)(H,39,42)(H,40,41,44)/b29-21-. The van der Waals surface area contributed by atoms with E-state index in [0.717, 1.165) is 21.0 Å². The van der Waals surface area contributed by atoms with Crippen LogP contribution in [0, 0.1) is 0 Å². The molecule has 0 fully saturated rings. The molecule has 0 aliphatic heterocycles. The van der Waals surface area contributed by atoms with Gasteiger partial charge in [0.15, 0.2) is 5.13 Å². The SMILES string of the molecule is O=C(Nc1ccc(SC(C(=O)Nc2nc(-c3cccs3)cs2)c2ccccc2)cc1)/C(=C/c1cccnc1)NC(=O)c1ccccc1. The van der Waals surface area contributed by atoms with Gasteiger partial charge in [0.25, 0.3) is 11.8 Å². The number of thiophene rings is 1. The fraction of sp³-hybridized carbons (Fsp3) is 0.0278. The number of rotatable bonds is 11. The highest BCUT2D eigenvalue weighted by molar-refractivity contribution is 8.00. The molecule has 6 aromatic rings. The van der Waals surface area contributed by atoms with Crippen LogP contribution in [0.4, 0.5) is 10.8 Å². The maximum atomic E-state index is 13.6. The topological polar surface area (TPSA) is 113 Å². The van der Waals surface area contributed by atoms with Crippen LogP contribution in [0.5, 0.6) is 0 Å². The van der Waals surface area contributed by atoms with E-state index < -0.39 is 17.1 Å². The van der Waals surface area contributed by atoms with Gasteiger partial charge in [0, 0.05) is 33.9 Å². The summed E-state index contributed by atoms with van der Waals surface area (Å²) in [5.41, 5.74) is 3.35. The minimum Gasteiger partial charge on any atom is -0.321 e. The molecule has 6 rings (SSSR count). The number of aromatic nitrogens is 2. The van der Waals surface area contributed by atoms with Crippen molar-refractivity contribution in [1.82, 2.24) is 15.3 Å². The Morgan fingerprint density at radius 3 is 2.26 bits per heavy atom. The molecule has 1 unspecified atom stereocenters. The van der Waals surface area contributed by atoms with Crippen molar-refractivity contribution < 1.29 is 14.4 Å². The van der Waals surface area contributed by atoms with E-state index in [1.165, 1.54) is 23.1 Å². The number of thioether (sulfide) groups is 1. The molecule has 3 aromatic heterocycles. The Hall–Kier alpha value is -5.36. The van der Waals surface area contributed by atoms with Crippen LogP contribution in [0.15, 0.2) is 143 Å². The molecule has 0 radical (unpaired) electrons. The molecular weight excluding hydrogens is 647 g/mol. The monoisotopic (exact) mass is 673 g/mol. The fourth-order valence-corrected chi connectivity index (χ4v) is 6.96. The Balaban J connectivity index is 1.16. The Morgan fingerprint density at radius 1 is 0.787 bits per heavy atom. The predicted molar refractivity (Wildman–Crippen MR) is 190 cm³/mol. The molecule has 0 saturated carbocycles. The van der Waals surface area contributed by atoms with Crippen LogP contribution < -0.4 is 16.0 Å². The van der Waals surface area contributed by atoms with Crippen LogP contribution in [0.1, 0.15) is 26.7 Å². The van der Waals surface area contributed by atoms with Crippen LogP contribution in [0.25, 0.3) is 16.6 Å². The Morgan fingerprint density at radius 2 is 1.55 bits per heavy atom. The van der Waals surface area contributed by atoms with E-state index >= 15 is 0 Å². The molecule has 3 amide bonds. The number of hydrogen-bond acceptors (Lipinski definition) is 8. The maximum absolute atomic E-state index is 13.6. The molecule has 3 heterocycles. The zero-order chi connectivity index (χ0) is 32.4. The third-order valence-electron chi connectivity index (χ3n) is 6.74. The zero-order valence-electron chi connectivity index (χ0n) is 24.7. The van der Waals surface area contributed by atoms with Crippen LogP contribution in [0.3, 0.4) is 0 Å². The lowest BCUT2D eigenvalue weighted by Crippen LogP contribution is -2.30. The fourth-order valence-electron chi connectivity index (χ4n) is 4.46. The van der Waals surface area contributed by atoms with Crippen molar-refractivity contribution in [1.29, 1.82) is 0 Å². The van der Waals surface area contributed by atoms with Gasteiger partial charge in [-0.1, -0.05) is 60.7 Å². The van der Waals surface area contributed by atoms with Crippen LogP contribution in [-0.2, 0) is 9.59 Å². The summed E-state index contributed by atoms with van der Waals surface area (Å²) in [6.45, 7) is 0. The number of carbonyl (C=O) groups is 3. The van der Waals surface area contributed by atoms with Gasteiger partial charge in [-0.25, -0.2) is 4.98 Å². The normalized spacial score (nSPS) is 11.8. The van der Waals surface area contributed by atoms with Gasteiger partial charge >= 0.3 is 0 Å². The minimum atomic E-state index is -0.548. The van der Waals surface area contributed by atoms with E-state index in [-0.39, 0.29) is 11.6 Å². The first kappa shape index (κ1) is 31.6. The van der Waals surface area contributed by atoms with Crippen molar-refractivity contribution in [2.75, 3.05) is 10.6 Å². The minimum absolute atomic E-state index is 0.0653. The predicted octanol–water partition coefficient (Wildman–Crippen LogP) is 8.15. The largest absolute Gasteiger partial charge is 0.321 e. The lowest BCUT2D eigenvalue weighted by atomic mass is 10.1. The van der Waals surface area contributed by atoms with E-state index in [4.69, 9.17) is 0 Å². The summed E-state index contributed by atoms with van der Waals surface area (Å²) >= 11 is 4.38. The molecule has 3 N–H and O–H groups in total. The Bertz CT molecular complexity index is 1980. The van der Waals surface area contributed by atoms with Crippen molar-refractivity contribution in [3.63, 3.8) is 0 Å². The first-order valence-electron chi connectivity index (χ1n) is 14.4. The number of amides is 3. The van der Waals surface area contributed by atoms with Crippen molar-refractivity contribution >= 4 is 69.1 Å². The summed E-state index contributed by atoms with van der Waals surface area (Å²) in [5.74, 6) is -1.09. The summed E-state index contributed by atoms with van der Waals surface area (Å²) < 4.78 is 0. The van der Waals surface area contributed by atoms with Crippen molar-refractivity contribution in [3.05, 3.63) is 155 Å². The van der Waals surface area contributed by atoms with E-state index in [1.807, 2.05) is 71.4 Å². The summed E-state index contributed by atoms with van der Waals surface area (Å²) in [5, 5.41) is 12.5. The lowest BCUT2D eigenvalue weighted by molar-refractivity contribution is -0.116. The summed E-state index contributed by atoms with van der Waals surface area (Å²) in [6, 6.07) is 32.9. The maximum Gasteiger partial charge on any atom is 0.272 e. The molecule has 232 valence electrons. The molecule has 0 aliphatic carbocycles. The highest BCUT2D eigenvalue weighted by Gasteiger charge is 2.23. The van der Waals surface area contributed by atoms with Crippen molar-refractivity contribution in [2.45, 2.75) is 10.1 Å². The first-order valence-corrected chi connectivity index (χ1v) is 17.1. The van der Waals surface area contributed by atoms with E-state index in [2.05, 4.69) is 25.9 Å². The molecule has 0 bridgehead atoms. The van der Waals surface area contributed by atoms with Gasteiger partial charge in [-0.2, -0.15) is 0 Å². The third-order valence-corrected chi connectivity index (χ3v) is 9.66. The molecule has 11 heteroatoms. The number of nitrogens with one attached hydrogen (secondary N) is 3. The van der Waals surface area contributed by atoms with E-state index in [1.54, 1.807) is 78.3 Å². The summed E-state index contributed by atoms with van der Waals surface area (Å²) in [7, 11) is 0. The Labute approximate surface area is 283 Å². The van der Waals surface area contributed by atoms with Gasteiger partial charge in [-0.3, -0.25) is 19.4 Å². The average Bonchev–Trinajstić information content (AvgIpc) is 3.82. The number of benzene rings is 3. The van der Waals surface area contributed by atoms with Crippen LogP contribution >= 0.6 is 34.4 Å². The second kappa shape index (κ2) is 15.3. The van der Waals surface area contributed by atoms with Gasteiger partial charge in [0.1, 0.15) is 10.9 Å². The Kier molecular flexibility index (Phi) is 10.3. The molecule has 0 spiro atoms. The number of carbonyl (C=O) groups excluding carboxylic acids is 3. The highest BCUT2D eigenvalue weighted by Crippen LogP contribution is 2.37. The molecule has 1 atom stereocenters. The second-order valence-corrected chi connectivity index (χ2v) is 13.0. The summed E-state index contributed by atoms with van der Waals surface area (Å²) in [6.07, 6.45) is 4.80. The van der Waals surface area contributed by atoms with Crippen molar-refractivity contribution in [3.8, 4) is 10.6 Å². The quantitative estimate of drug-likeness (QED) is 0.0945. The molecule has 0 aliphatic rings. The number of nitrogens with zero attached hydrogens (tertiary/aromatic N) is 2. The van der Waals surface area contributed by atoms with Gasteiger partial charge in [-0.05, 0) is 71.1 Å². The van der Waals surface area contributed by atoms with Crippen molar-refractivity contribution in [2.24, 2.45) is 0 Å². The van der Waals surface area contributed by atoms with E-state index in [9.17, 15) is 14.4 Å². The van der Waals surface area contributed by atoms with E-state index in [0.29, 0.717) is 21.9 Å². The first-order chi connectivity index (χ1) is 23.0. The van der Waals surface area contributed by atoms with Gasteiger partial charge < -0.3 is 16.0 Å². The molecular formula is C36H27N5O3S3. The second-order valence-electron chi connectivity index (χ2n) is 10.1. The molecule has 8 nitrogen and oxygen atoms in total.